The summed E-state index contributed by atoms with van der Waals surface area (Å²) >= 11 is 0. The van der Waals surface area contributed by atoms with Gasteiger partial charge >= 0.3 is 0 Å². The van der Waals surface area contributed by atoms with E-state index in [1.54, 1.807) is 6.33 Å². The second-order valence-corrected chi connectivity index (χ2v) is 4.19. The zero-order valence-electron chi connectivity index (χ0n) is 9.77. The number of hydrogen-bond donors (Lipinski definition) is 2. The van der Waals surface area contributed by atoms with Crippen LogP contribution in [0.4, 0.5) is 0 Å². The van der Waals surface area contributed by atoms with Gasteiger partial charge in [-0.05, 0) is 0 Å². The van der Waals surface area contributed by atoms with E-state index in [-0.39, 0.29) is 6.04 Å². The maximum Gasteiger partial charge on any atom is 0.127 e. The number of aryl methyl sites for hydroxylation is 1. The molecule has 0 aliphatic carbocycles. The minimum absolute atomic E-state index is 0.121. The summed E-state index contributed by atoms with van der Waals surface area (Å²) in [7, 11) is 0. The van der Waals surface area contributed by atoms with Crippen LogP contribution in [0.15, 0.2) is 18.7 Å². The first-order valence-electron chi connectivity index (χ1n) is 5.95. The van der Waals surface area contributed by atoms with Gasteiger partial charge in [0.2, 0.25) is 0 Å². The number of H-pyrrole nitrogens is 1. The van der Waals surface area contributed by atoms with Crippen molar-refractivity contribution in [3.63, 3.8) is 0 Å². The molecule has 88 valence electrons. The summed E-state index contributed by atoms with van der Waals surface area (Å²) in [4.78, 5) is 16.3. The van der Waals surface area contributed by atoms with Crippen LogP contribution in [0, 0.1) is 0 Å². The SMILES string of the molecule is CCc1ncc(C2NCCc3[nH]cnc32)cn1. The summed E-state index contributed by atoms with van der Waals surface area (Å²) in [5, 5.41) is 3.45. The highest BCUT2D eigenvalue weighted by Gasteiger charge is 2.23. The minimum Gasteiger partial charge on any atom is -0.348 e. The summed E-state index contributed by atoms with van der Waals surface area (Å²) < 4.78 is 0. The Bertz CT molecular complexity index is 502. The van der Waals surface area contributed by atoms with Crippen molar-refractivity contribution in [1.82, 2.24) is 25.3 Å². The third kappa shape index (κ3) is 1.82. The normalized spacial score (nSPS) is 19.0. The van der Waals surface area contributed by atoms with E-state index >= 15 is 0 Å². The van der Waals surface area contributed by atoms with Gasteiger partial charge in [0.05, 0.1) is 18.1 Å². The predicted molar refractivity (Wildman–Crippen MR) is 63.5 cm³/mol. The summed E-state index contributed by atoms with van der Waals surface area (Å²) in [5.74, 6) is 0.881. The van der Waals surface area contributed by atoms with Gasteiger partial charge in [-0.15, -0.1) is 0 Å². The zero-order chi connectivity index (χ0) is 11.7. The van der Waals surface area contributed by atoms with Crippen LogP contribution in [0.2, 0.25) is 0 Å². The molecule has 5 heteroatoms. The second-order valence-electron chi connectivity index (χ2n) is 4.19. The Balaban J connectivity index is 1.95. The van der Waals surface area contributed by atoms with E-state index in [0.29, 0.717) is 0 Å². The van der Waals surface area contributed by atoms with Crippen molar-refractivity contribution >= 4 is 0 Å². The van der Waals surface area contributed by atoms with Crippen LogP contribution < -0.4 is 5.32 Å². The highest BCUT2D eigenvalue weighted by atomic mass is 15.0. The van der Waals surface area contributed by atoms with E-state index < -0.39 is 0 Å². The molecule has 1 unspecified atom stereocenters. The molecule has 5 nitrogen and oxygen atoms in total. The first-order chi connectivity index (χ1) is 8.38. The highest BCUT2D eigenvalue weighted by Crippen LogP contribution is 2.24. The first kappa shape index (κ1) is 10.4. The van der Waals surface area contributed by atoms with Crippen LogP contribution in [0.1, 0.15) is 35.7 Å². The molecule has 0 spiro atoms. The van der Waals surface area contributed by atoms with Crippen LogP contribution in [0.3, 0.4) is 0 Å². The zero-order valence-corrected chi connectivity index (χ0v) is 9.77. The molecule has 0 saturated heterocycles. The van der Waals surface area contributed by atoms with Crippen molar-refractivity contribution in [2.45, 2.75) is 25.8 Å². The van der Waals surface area contributed by atoms with Crippen molar-refractivity contribution in [3.05, 3.63) is 41.5 Å². The third-order valence-corrected chi connectivity index (χ3v) is 3.12. The number of nitrogens with one attached hydrogen (secondary N) is 2. The number of aromatic amines is 1. The van der Waals surface area contributed by atoms with Gasteiger partial charge in [-0.3, -0.25) is 0 Å². The lowest BCUT2D eigenvalue weighted by atomic mass is 10.0. The average molecular weight is 229 g/mol. The van der Waals surface area contributed by atoms with Crippen LogP contribution >= 0.6 is 0 Å². The van der Waals surface area contributed by atoms with E-state index in [2.05, 4.69) is 32.2 Å². The predicted octanol–water partition coefficient (Wildman–Crippen LogP) is 0.997. The number of nitrogens with zero attached hydrogens (tertiary/aromatic N) is 3. The van der Waals surface area contributed by atoms with E-state index in [1.807, 2.05) is 12.4 Å². The Hall–Kier alpha value is -1.75. The summed E-state index contributed by atoms with van der Waals surface area (Å²) in [6, 6.07) is 0.121. The van der Waals surface area contributed by atoms with Gasteiger partial charge in [0.25, 0.3) is 0 Å². The Labute approximate surface area is 99.7 Å². The molecule has 2 N–H and O–H groups in total. The minimum atomic E-state index is 0.121. The molecule has 0 amide bonds. The van der Waals surface area contributed by atoms with Gasteiger partial charge in [0, 0.05) is 43.0 Å². The topological polar surface area (TPSA) is 66.5 Å². The van der Waals surface area contributed by atoms with Crippen molar-refractivity contribution in [2.75, 3.05) is 6.54 Å². The van der Waals surface area contributed by atoms with E-state index in [4.69, 9.17) is 0 Å². The molecule has 3 rings (SSSR count). The van der Waals surface area contributed by atoms with Crippen LogP contribution in [-0.2, 0) is 12.8 Å². The molecule has 17 heavy (non-hydrogen) atoms. The highest BCUT2D eigenvalue weighted by molar-refractivity contribution is 5.29. The Morgan fingerprint density at radius 1 is 1.29 bits per heavy atom. The van der Waals surface area contributed by atoms with Crippen LogP contribution in [0.25, 0.3) is 0 Å². The molecular formula is C12H15N5. The fourth-order valence-electron chi connectivity index (χ4n) is 2.19. The molecule has 1 aliphatic heterocycles. The lowest BCUT2D eigenvalue weighted by Crippen LogP contribution is -2.30. The molecule has 2 aromatic heterocycles. The van der Waals surface area contributed by atoms with Crippen molar-refractivity contribution in [2.24, 2.45) is 0 Å². The molecule has 1 aliphatic rings. The average Bonchev–Trinajstić information content (AvgIpc) is 2.87. The number of rotatable bonds is 2. The molecule has 0 fully saturated rings. The fraction of sp³-hybridized carbons (Fsp3) is 0.417. The molecule has 0 bridgehead atoms. The van der Waals surface area contributed by atoms with Gasteiger partial charge in [0.15, 0.2) is 0 Å². The number of fused-ring (bicyclic) bond motifs is 1. The standard InChI is InChI=1S/C12H15N5/c1-2-10-14-5-8(6-15-10)11-12-9(3-4-13-11)16-7-17-12/h5-7,11,13H,2-4H2,1H3,(H,16,17). The van der Waals surface area contributed by atoms with Crippen molar-refractivity contribution in [3.8, 4) is 0 Å². The monoisotopic (exact) mass is 229 g/mol. The molecular weight excluding hydrogens is 214 g/mol. The van der Waals surface area contributed by atoms with E-state index in [0.717, 1.165) is 36.5 Å². The van der Waals surface area contributed by atoms with Crippen LogP contribution in [-0.4, -0.2) is 26.5 Å². The maximum atomic E-state index is 4.38. The van der Waals surface area contributed by atoms with Gasteiger partial charge < -0.3 is 10.3 Å². The molecule has 0 aromatic carbocycles. The molecule has 0 saturated carbocycles. The third-order valence-electron chi connectivity index (χ3n) is 3.12. The largest absolute Gasteiger partial charge is 0.348 e. The second kappa shape index (κ2) is 4.25. The Kier molecular flexibility index (Phi) is 2.60. The number of imidazole rings is 1. The van der Waals surface area contributed by atoms with Gasteiger partial charge in [-0.1, -0.05) is 6.92 Å². The van der Waals surface area contributed by atoms with Crippen molar-refractivity contribution in [1.29, 1.82) is 0 Å². The molecule has 2 aromatic rings. The lowest BCUT2D eigenvalue weighted by molar-refractivity contribution is 0.550. The first-order valence-corrected chi connectivity index (χ1v) is 5.95. The quantitative estimate of drug-likeness (QED) is 0.806. The summed E-state index contributed by atoms with van der Waals surface area (Å²) in [5.41, 5.74) is 3.37. The number of aromatic nitrogens is 4. The van der Waals surface area contributed by atoms with Gasteiger partial charge in [0.1, 0.15) is 5.82 Å². The van der Waals surface area contributed by atoms with Gasteiger partial charge in [-0.25, -0.2) is 15.0 Å². The summed E-state index contributed by atoms with van der Waals surface area (Å²) in [6.45, 7) is 3.01. The smallest absolute Gasteiger partial charge is 0.127 e. The van der Waals surface area contributed by atoms with Crippen molar-refractivity contribution < 1.29 is 0 Å². The maximum absolute atomic E-state index is 4.38. The fourth-order valence-corrected chi connectivity index (χ4v) is 2.19. The lowest BCUT2D eigenvalue weighted by Gasteiger charge is -2.22. The number of hydrogen-bond acceptors (Lipinski definition) is 4. The Morgan fingerprint density at radius 3 is 2.88 bits per heavy atom. The van der Waals surface area contributed by atoms with E-state index in [1.165, 1.54) is 5.69 Å². The summed E-state index contributed by atoms with van der Waals surface area (Å²) in [6.07, 6.45) is 7.41. The molecule has 0 radical (unpaired) electrons. The molecule has 1 atom stereocenters. The van der Waals surface area contributed by atoms with Crippen LogP contribution in [0.5, 0.6) is 0 Å². The van der Waals surface area contributed by atoms with E-state index in [9.17, 15) is 0 Å². The Morgan fingerprint density at radius 2 is 2.12 bits per heavy atom. The van der Waals surface area contributed by atoms with Gasteiger partial charge in [-0.2, -0.15) is 0 Å². The molecule has 3 heterocycles.